The molecule has 0 aromatic heterocycles. The number of hydrogen-bond donors (Lipinski definition) is 0. The van der Waals surface area contributed by atoms with Crippen molar-refractivity contribution in [3.63, 3.8) is 0 Å². The van der Waals surface area contributed by atoms with Gasteiger partial charge in [0.15, 0.2) is 17.3 Å². The molecule has 1 aliphatic rings. The SMILES string of the molecule is CC(=O)OC[C@H]1O[C@@H](OC(=O)N(C)CCSC(C)=O)[C@H](OC(C)=O)[C@@H](OC(C)=O)[C@H]1OC(C)=O. The van der Waals surface area contributed by atoms with Gasteiger partial charge in [-0.1, -0.05) is 11.8 Å². The number of carbonyl (C=O) groups is 6. The van der Waals surface area contributed by atoms with Crippen molar-refractivity contribution >= 4 is 46.8 Å². The number of thioether (sulfide) groups is 1. The van der Waals surface area contributed by atoms with Gasteiger partial charge in [0.1, 0.15) is 12.7 Å². The third-order valence-corrected chi connectivity index (χ3v) is 5.00. The summed E-state index contributed by atoms with van der Waals surface area (Å²) in [6.07, 6.45) is -8.06. The molecule has 1 rings (SSSR count). The average molecular weight is 508 g/mol. The van der Waals surface area contributed by atoms with Gasteiger partial charge in [-0.25, -0.2) is 4.79 Å². The Morgan fingerprint density at radius 2 is 1.29 bits per heavy atom. The standard InChI is InChI=1S/C20H29NO12S/c1-10(22)28-9-15-16(29-11(2)23)17(30-12(3)24)18(31-13(4)25)19(32-15)33-20(27)21(6)7-8-34-14(5)26/h15-19H,7-9H2,1-6H3/t15-,16+,17+,18-,19+/m1/s1. The monoisotopic (exact) mass is 507 g/mol. The molecule has 14 heteroatoms. The van der Waals surface area contributed by atoms with E-state index in [1.165, 1.54) is 14.0 Å². The summed E-state index contributed by atoms with van der Waals surface area (Å²) >= 11 is 1.01. The van der Waals surface area contributed by atoms with E-state index in [1.807, 2.05) is 0 Å². The molecule has 1 heterocycles. The molecule has 192 valence electrons. The first-order chi connectivity index (χ1) is 15.8. The van der Waals surface area contributed by atoms with Crippen LogP contribution in [0.25, 0.3) is 0 Å². The van der Waals surface area contributed by atoms with Gasteiger partial charge in [0, 0.05) is 54.0 Å². The predicted molar refractivity (Wildman–Crippen MR) is 114 cm³/mol. The van der Waals surface area contributed by atoms with Crippen molar-refractivity contribution < 1.29 is 57.2 Å². The summed E-state index contributed by atoms with van der Waals surface area (Å²) in [4.78, 5) is 71.4. The van der Waals surface area contributed by atoms with Gasteiger partial charge in [0.25, 0.3) is 0 Å². The summed E-state index contributed by atoms with van der Waals surface area (Å²) in [5.74, 6) is -2.78. The van der Waals surface area contributed by atoms with E-state index >= 15 is 0 Å². The normalized spacial score (nSPS) is 23.8. The molecule has 0 aromatic rings. The van der Waals surface area contributed by atoms with Crippen LogP contribution in [0.15, 0.2) is 0 Å². The Balaban J connectivity index is 3.23. The van der Waals surface area contributed by atoms with Gasteiger partial charge in [-0.05, 0) is 0 Å². The minimum atomic E-state index is -1.61. The molecule has 0 spiro atoms. The highest BCUT2D eigenvalue weighted by Gasteiger charge is 2.54. The van der Waals surface area contributed by atoms with Crippen LogP contribution < -0.4 is 0 Å². The molecule has 0 aliphatic carbocycles. The third kappa shape index (κ3) is 9.95. The zero-order valence-corrected chi connectivity index (χ0v) is 20.6. The van der Waals surface area contributed by atoms with Crippen molar-refractivity contribution in [1.82, 2.24) is 4.90 Å². The maximum atomic E-state index is 12.6. The van der Waals surface area contributed by atoms with E-state index in [2.05, 4.69) is 0 Å². The van der Waals surface area contributed by atoms with Crippen molar-refractivity contribution in [2.45, 2.75) is 65.3 Å². The van der Waals surface area contributed by atoms with E-state index in [1.54, 1.807) is 0 Å². The summed E-state index contributed by atoms with van der Waals surface area (Å²) in [6.45, 7) is 5.47. The Morgan fingerprint density at radius 3 is 1.79 bits per heavy atom. The second kappa shape index (κ2) is 13.7. The largest absolute Gasteiger partial charge is 0.463 e. The van der Waals surface area contributed by atoms with Crippen molar-refractivity contribution in [2.75, 3.05) is 26.0 Å². The van der Waals surface area contributed by atoms with Gasteiger partial charge in [-0.3, -0.25) is 24.0 Å². The fourth-order valence-corrected chi connectivity index (χ4v) is 3.54. The first kappa shape index (κ1) is 29.2. The van der Waals surface area contributed by atoms with Crippen LogP contribution >= 0.6 is 11.8 Å². The summed E-state index contributed by atoms with van der Waals surface area (Å²) in [6, 6.07) is 0. The number of ether oxygens (including phenoxy) is 6. The van der Waals surface area contributed by atoms with Gasteiger partial charge in [-0.2, -0.15) is 0 Å². The number of esters is 4. The molecule has 0 N–H and O–H groups in total. The maximum Gasteiger partial charge on any atom is 0.411 e. The Kier molecular flexibility index (Phi) is 11.8. The van der Waals surface area contributed by atoms with Gasteiger partial charge < -0.3 is 33.3 Å². The summed E-state index contributed by atoms with van der Waals surface area (Å²) in [5, 5.41) is -0.124. The number of nitrogens with zero attached hydrogens (tertiary/aromatic N) is 1. The number of amides is 1. The summed E-state index contributed by atoms with van der Waals surface area (Å²) in [5.41, 5.74) is 0. The van der Waals surface area contributed by atoms with Crippen LogP contribution in [0.1, 0.15) is 34.6 Å². The van der Waals surface area contributed by atoms with Crippen LogP contribution in [0, 0.1) is 0 Å². The van der Waals surface area contributed by atoms with Crippen LogP contribution in [0.5, 0.6) is 0 Å². The summed E-state index contributed by atoms with van der Waals surface area (Å²) < 4.78 is 31.7. The predicted octanol–water partition coefficient (Wildman–Crippen LogP) is 0.418. The Morgan fingerprint density at radius 1 is 0.765 bits per heavy atom. The van der Waals surface area contributed by atoms with Crippen LogP contribution in [0.3, 0.4) is 0 Å². The van der Waals surface area contributed by atoms with Crippen molar-refractivity contribution in [2.24, 2.45) is 0 Å². The lowest BCUT2D eigenvalue weighted by molar-refractivity contribution is -0.295. The molecule has 0 unspecified atom stereocenters. The molecule has 5 atom stereocenters. The van der Waals surface area contributed by atoms with E-state index in [0.717, 1.165) is 44.4 Å². The molecule has 0 radical (unpaired) electrons. The Hall–Kier alpha value is -2.87. The quantitative estimate of drug-likeness (QED) is 0.312. The van der Waals surface area contributed by atoms with E-state index in [-0.39, 0.29) is 11.7 Å². The molecule has 1 saturated heterocycles. The molecule has 1 aliphatic heterocycles. The molecular formula is C20H29NO12S. The van der Waals surface area contributed by atoms with Gasteiger partial charge in [0.05, 0.1) is 0 Å². The molecule has 1 fully saturated rings. The zero-order valence-electron chi connectivity index (χ0n) is 19.8. The molecule has 0 bridgehead atoms. The van der Waals surface area contributed by atoms with Crippen LogP contribution in [-0.2, 0) is 52.4 Å². The topological polar surface area (TPSA) is 161 Å². The minimum absolute atomic E-state index is 0.124. The first-order valence-corrected chi connectivity index (χ1v) is 11.2. The highest BCUT2D eigenvalue weighted by molar-refractivity contribution is 8.13. The van der Waals surface area contributed by atoms with E-state index in [4.69, 9.17) is 28.4 Å². The second-order valence-electron chi connectivity index (χ2n) is 7.21. The number of hydrogen-bond acceptors (Lipinski definition) is 13. The smallest absolute Gasteiger partial charge is 0.411 e. The van der Waals surface area contributed by atoms with E-state index < -0.39 is 67.3 Å². The lowest BCUT2D eigenvalue weighted by atomic mass is 9.98. The lowest BCUT2D eigenvalue weighted by Crippen LogP contribution is -2.63. The van der Waals surface area contributed by atoms with Crippen LogP contribution in [0.2, 0.25) is 0 Å². The van der Waals surface area contributed by atoms with Crippen LogP contribution in [0.4, 0.5) is 4.79 Å². The lowest BCUT2D eigenvalue weighted by Gasteiger charge is -2.43. The molecule has 13 nitrogen and oxygen atoms in total. The van der Waals surface area contributed by atoms with E-state index in [0.29, 0.717) is 5.75 Å². The highest BCUT2D eigenvalue weighted by Crippen LogP contribution is 2.30. The van der Waals surface area contributed by atoms with Gasteiger partial charge in [0.2, 0.25) is 12.4 Å². The number of rotatable bonds is 9. The first-order valence-electron chi connectivity index (χ1n) is 10.2. The zero-order chi connectivity index (χ0) is 26.0. The molecular weight excluding hydrogens is 478 g/mol. The van der Waals surface area contributed by atoms with E-state index in [9.17, 15) is 28.8 Å². The Labute approximate surface area is 200 Å². The fraction of sp³-hybridized carbons (Fsp3) is 0.700. The fourth-order valence-electron chi connectivity index (χ4n) is 2.89. The number of carbonyl (C=O) groups excluding carboxylic acids is 6. The maximum absolute atomic E-state index is 12.6. The Bertz CT molecular complexity index is 788. The minimum Gasteiger partial charge on any atom is -0.463 e. The van der Waals surface area contributed by atoms with Crippen LogP contribution in [-0.4, -0.2) is 96.6 Å². The van der Waals surface area contributed by atoms with Crippen molar-refractivity contribution in [1.29, 1.82) is 0 Å². The average Bonchev–Trinajstić information content (AvgIpc) is 2.69. The molecule has 1 amide bonds. The van der Waals surface area contributed by atoms with Gasteiger partial charge in [-0.15, -0.1) is 0 Å². The molecule has 0 aromatic carbocycles. The summed E-state index contributed by atoms with van der Waals surface area (Å²) in [7, 11) is 1.41. The molecule has 0 saturated carbocycles. The third-order valence-electron chi connectivity index (χ3n) is 4.21. The van der Waals surface area contributed by atoms with Crippen molar-refractivity contribution in [3.05, 3.63) is 0 Å². The highest BCUT2D eigenvalue weighted by atomic mass is 32.2. The molecule has 34 heavy (non-hydrogen) atoms. The van der Waals surface area contributed by atoms with Gasteiger partial charge >= 0.3 is 30.0 Å². The van der Waals surface area contributed by atoms with Crippen molar-refractivity contribution in [3.8, 4) is 0 Å². The second-order valence-corrected chi connectivity index (χ2v) is 8.48.